The molecule has 1 fully saturated rings. The predicted molar refractivity (Wildman–Crippen MR) is 116 cm³/mol. The topological polar surface area (TPSA) is 123 Å². The summed E-state index contributed by atoms with van der Waals surface area (Å²) >= 11 is 0. The van der Waals surface area contributed by atoms with Crippen LogP contribution in [-0.4, -0.2) is 70.1 Å². The van der Waals surface area contributed by atoms with Crippen molar-refractivity contribution in [2.45, 2.75) is 37.9 Å². The van der Waals surface area contributed by atoms with Crippen LogP contribution in [0.2, 0.25) is 0 Å². The Morgan fingerprint density at radius 1 is 1.28 bits per heavy atom. The van der Waals surface area contributed by atoms with Crippen molar-refractivity contribution in [1.29, 1.82) is 0 Å². The van der Waals surface area contributed by atoms with Crippen LogP contribution in [0, 0.1) is 0 Å². The Bertz CT molecular complexity index is 1410. The second kappa shape index (κ2) is 8.96. The van der Waals surface area contributed by atoms with E-state index in [-0.39, 0.29) is 45.1 Å². The molecule has 1 aliphatic rings. The lowest BCUT2D eigenvalue weighted by atomic mass is 10.1. The average Bonchev–Trinajstić information content (AvgIpc) is 3.08. The molecule has 0 spiro atoms. The van der Waals surface area contributed by atoms with Crippen molar-refractivity contribution < 1.29 is 45.0 Å². The Labute approximate surface area is 200 Å². The molecule has 1 saturated heterocycles. The molecule has 0 radical (unpaired) electrons. The Morgan fingerprint density at radius 3 is 2.58 bits per heavy atom. The number of aliphatic hydroxyl groups is 1. The molecule has 2 N–H and O–H groups in total. The summed E-state index contributed by atoms with van der Waals surface area (Å²) < 4.78 is 92.5. The Kier molecular flexibility index (Phi) is 6.41. The van der Waals surface area contributed by atoms with Crippen LogP contribution >= 0.6 is 0 Å². The standard InChI is InChI=1S/C21H19F5N4O5S/c1-20(9-36(33,34)10-20)28-18(32)12-6-14-17(27-7-12)16(29-30(14)8-15(31)21(24,25)26)11-3-2-4-13(5-11)35-19(22)23/h2-7,15,19,31H,8-10H2,1H3,(H,28,32)/t15-/m0/s1. The van der Waals surface area contributed by atoms with E-state index in [1.807, 2.05) is 0 Å². The summed E-state index contributed by atoms with van der Waals surface area (Å²) in [5.41, 5.74) is -0.913. The number of fused-ring (bicyclic) bond motifs is 1. The first kappa shape index (κ1) is 25.8. The number of sulfone groups is 1. The van der Waals surface area contributed by atoms with E-state index in [1.165, 1.54) is 37.3 Å². The fourth-order valence-corrected chi connectivity index (χ4v) is 5.95. The highest BCUT2D eigenvalue weighted by Crippen LogP contribution is 2.31. The SMILES string of the molecule is CC1(NC(=O)c2cnc3c(-c4cccc(OC(F)F)c4)nn(C[C@H](O)C(F)(F)F)c3c2)CS(=O)(=O)C1. The molecule has 15 heteroatoms. The van der Waals surface area contributed by atoms with Crippen molar-refractivity contribution in [2.24, 2.45) is 0 Å². The van der Waals surface area contributed by atoms with Crippen LogP contribution in [0.25, 0.3) is 22.3 Å². The number of carbonyl (C=O) groups is 1. The zero-order valence-corrected chi connectivity index (χ0v) is 19.3. The molecule has 194 valence electrons. The smallest absolute Gasteiger partial charge is 0.416 e. The molecular formula is C21H19F5N4O5S. The maximum absolute atomic E-state index is 13.0. The number of rotatable bonds is 7. The van der Waals surface area contributed by atoms with Crippen molar-refractivity contribution in [1.82, 2.24) is 20.1 Å². The Hall–Kier alpha value is -3.33. The van der Waals surface area contributed by atoms with Crippen LogP contribution < -0.4 is 10.1 Å². The zero-order chi connectivity index (χ0) is 26.5. The Morgan fingerprint density at radius 2 is 1.97 bits per heavy atom. The van der Waals surface area contributed by atoms with Gasteiger partial charge in [-0.1, -0.05) is 12.1 Å². The number of carbonyl (C=O) groups excluding carboxylic acids is 1. The number of hydrogen-bond acceptors (Lipinski definition) is 7. The van der Waals surface area contributed by atoms with E-state index in [0.29, 0.717) is 0 Å². The number of nitrogens with zero attached hydrogens (tertiary/aromatic N) is 3. The highest BCUT2D eigenvalue weighted by atomic mass is 32.2. The van der Waals surface area contributed by atoms with Gasteiger partial charge in [0.2, 0.25) is 0 Å². The third-order valence-corrected chi connectivity index (χ3v) is 7.56. The second-order valence-corrected chi connectivity index (χ2v) is 10.7. The third-order valence-electron chi connectivity index (χ3n) is 5.40. The molecule has 9 nitrogen and oxygen atoms in total. The largest absolute Gasteiger partial charge is 0.435 e. The predicted octanol–water partition coefficient (Wildman–Crippen LogP) is 2.54. The molecule has 1 atom stereocenters. The lowest BCUT2D eigenvalue weighted by Gasteiger charge is -2.38. The van der Waals surface area contributed by atoms with Crippen molar-refractivity contribution >= 4 is 26.8 Å². The van der Waals surface area contributed by atoms with Gasteiger partial charge in [0.1, 0.15) is 17.0 Å². The lowest BCUT2D eigenvalue weighted by Crippen LogP contribution is -2.63. The maximum atomic E-state index is 13.0. The monoisotopic (exact) mass is 534 g/mol. The molecule has 36 heavy (non-hydrogen) atoms. The number of hydrogen-bond donors (Lipinski definition) is 2. The number of nitrogens with one attached hydrogen (secondary N) is 1. The molecule has 0 bridgehead atoms. The molecule has 2 aromatic heterocycles. The van der Waals surface area contributed by atoms with Gasteiger partial charge in [-0.25, -0.2) is 8.42 Å². The molecule has 1 aromatic carbocycles. The summed E-state index contributed by atoms with van der Waals surface area (Å²) in [5, 5.41) is 16.3. The van der Waals surface area contributed by atoms with Gasteiger partial charge in [0.05, 0.1) is 34.7 Å². The van der Waals surface area contributed by atoms with E-state index < -0.39 is 46.7 Å². The van der Waals surface area contributed by atoms with Gasteiger partial charge in [0, 0.05) is 11.8 Å². The number of alkyl halides is 5. The van der Waals surface area contributed by atoms with Crippen molar-refractivity contribution in [3.05, 3.63) is 42.1 Å². The molecule has 4 rings (SSSR count). The quantitative estimate of drug-likeness (QED) is 0.447. The van der Waals surface area contributed by atoms with E-state index >= 15 is 0 Å². The van der Waals surface area contributed by atoms with Gasteiger partial charge in [-0.3, -0.25) is 14.5 Å². The van der Waals surface area contributed by atoms with Gasteiger partial charge in [0.25, 0.3) is 5.91 Å². The minimum atomic E-state index is -4.96. The van der Waals surface area contributed by atoms with Crippen LogP contribution in [0.15, 0.2) is 36.5 Å². The Balaban J connectivity index is 1.75. The molecule has 0 saturated carbocycles. The maximum Gasteiger partial charge on any atom is 0.416 e. The molecule has 0 unspecified atom stereocenters. The van der Waals surface area contributed by atoms with Crippen LogP contribution in [0.4, 0.5) is 22.0 Å². The number of amides is 1. The second-order valence-electron chi connectivity index (χ2n) is 8.63. The number of benzene rings is 1. The lowest BCUT2D eigenvalue weighted by molar-refractivity contribution is -0.207. The first-order chi connectivity index (χ1) is 16.7. The van der Waals surface area contributed by atoms with Gasteiger partial charge < -0.3 is 15.2 Å². The summed E-state index contributed by atoms with van der Waals surface area (Å²) in [6, 6.07) is 6.47. The third kappa shape index (κ3) is 5.41. The first-order valence-electron chi connectivity index (χ1n) is 10.4. The fourth-order valence-electron chi connectivity index (χ4n) is 3.95. The van der Waals surface area contributed by atoms with Crippen molar-refractivity contribution in [3.8, 4) is 17.0 Å². The van der Waals surface area contributed by atoms with Gasteiger partial charge in [-0.2, -0.15) is 27.1 Å². The van der Waals surface area contributed by atoms with E-state index in [0.717, 1.165) is 10.9 Å². The highest BCUT2D eigenvalue weighted by Gasteiger charge is 2.46. The summed E-state index contributed by atoms with van der Waals surface area (Å²) in [7, 11) is -3.26. The minimum absolute atomic E-state index is 0.00287. The van der Waals surface area contributed by atoms with E-state index in [9.17, 15) is 40.3 Å². The van der Waals surface area contributed by atoms with Gasteiger partial charge >= 0.3 is 12.8 Å². The van der Waals surface area contributed by atoms with Crippen LogP contribution in [-0.2, 0) is 16.4 Å². The highest BCUT2D eigenvalue weighted by molar-refractivity contribution is 7.93. The molecule has 0 aliphatic carbocycles. The molecule has 3 aromatic rings. The summed E-state index contributed by atoms with van der Waals surface area (Å²) in [6.45, 7) is -2.60. The van der Waals surface area contributed by atoms with Gasteiger partial charge in [-0.05, 0) is 25.1 Å². The number of ether oxygens (including phenoxy) is 1. The summed E-state index contributed by atoms with van der Waals surface area (Å²) in [6.07, 6.45) is -6.63. The average molecular weight is 534 g/mol. The normalized spacial score (nSPS) is 17.6. The van der Waals surface area contributed by atoms with Gasteiger partial charge in [0.15, 0.2) is 15.9 Å². The van der Waals surface area contributed by atoms with E-state index in [4.69, 9.17) is 0 Å². The molecular weight excluding hydrogens is 515 g/mol. The molecule has 1 aliphatic heterocycles. The minimum Gasteiger partial charge on any atom is -0.435 e. The van der Waals surface area contributed by atoms with Crippen molar-refractivity contribution in [3.63, 3.8) is 0 Å². The van der Waals surface area contributed by atoms with E-state index in [1.54, 1.807) is 0 Å². The number of aromatic nitrogens is 3. The number of halogens is 5. The fraction of sp³-hybridized carbons (Fsp3) is 0.381. The number of pyridine rings is 1. The van der Waals surface area contributed by atoms with Crippen LogP contribution in [0.3, 0.4) is 0 Å². The molecule has 3 heterocycles. The summed E-state index contributed by atoms with van der Waals surface area (Å²) in [4.78, 5) is 16.9. The van der Waals surface area contributed by atoms with Crippen LogP contribution in [0.1, 0.15) is 17.3 Å². The zero-order valence-electron chi connectivity index (χ0n) is 18.5. The number of aliphatic hydroxyl groups excluding tert-OH is 1. The van der Waals surface area contributed by atoms with E-state index in [2.05, 4.69) is 20.1 Å². The van der Waals surface area contributed by atoms with Crippen molar-refractivity contribution in [2.75, 3.05) is 11.5 Å². The summed E-state index contributed by atoms with van der Waals surface area (Å²) in [5.74, 6) is -1.46. The molecule has 1 amide bonds. The van der Waals surface area contributed by atoms with Crippen LogP contribution in [0.5, 0.6) is 5.75 Å². The van der Waals surface area contributed by atoms with Gasteiger partial charge in [-0.15, -0.1) is 0 Å². The first-order valence-corrected chi connectivity index (χ1v) is 12.2.